The number of aryl methyl sites for hydroxylation is 2. The second-order valence-electron chi connectivity index (χ2n) is 3.78. The normalized spacial score (nSPS) is 12.1. The van der Waals surface area contributed by atoms with Crippen LogP contribution in [0.15, 0.2) is 12.1 Å². The van der Waals surface area contributed by atoms with E-state index in [0.29, 0.717) is 0 Å². The van der Waals surface area contributed by atoms with Crippen LogP contribution in [0.3, 0.4) is 0 Å². The molecule has 1 amide bonds. The standard InChI is InChI=1S/C12H18N2O2/c1-7-5-9(10(13)12(15)14-3)6-8(2)11(7)16-4/h5-6,10H,13H2,1-4H3,(H,14,15). The molecule has 88 valence electrons. The Morgan fingerprint density at radius 1 is 1.38 bits per heavy atom. The smallest absolute Gasteiger partial charge is 0.241 e. The van der Waals surface area contributed by atoms with Gasteiger partial charge >= 0.3 is 0 Å². The van der Waals surface area contributed by atoms with Gasteiger partial charge in [-0.3, -0.25) is 4.79 Å². The molecule has 1 aromatic rings. The lowest BCUT2D eigenvalue weighted by Gasteiger charge is -2.15. The third-order valence-corrected chi connectivity index (χ3v) is 2.57. The highest BCUT2D eigenvalue weighted by molar-refractivity contribution is 5.82. The molecule has 4 nitrogen and oxygen atoms in total. The molecule has 0 aliphatic carbocycles. The van der Waals surface area contributed by atoms with E-state index in [2.05, 4.69) is 5.32 Å². The van der Waals surface area contributed by atoms with Crippen molar-refractivity contribution in [3.8, 4) is 5.75 Å². The lowest BCUT2D eigenvalue weighted by Crippen LogP contribution is -2.31. The fourth-order valence-corrected chi connectivity index (χ4v) is 1.79. The third kappa shape index (κ3) is 2.33. The van der Waals surface area contributed by atoms with Crippen LogP contribution < -0.4 is 15.8 Å². The number of carbonyl (C=O) groups is 1. The average Bonchev–Trinajstić information content (AvgIpc) is 2.26. The first-order chi connectivity index (χ1) is 7.51. The zero-order chi connectivity index (χ0) is 12.3. The van der Waals surface area contributed by atoms with Crippen LogP contribution in [0.1, 0.15) is 22.7 Å². The minimum atomic E-state index is -0.631. The molecule has 0 aliphatic heterocycles. The van der Waals surface area contributed by atoms with Gasteiger partial charge in [0.05, 0.1) is 7.11 Å². The molecule has 1 atom stereocenters. The fourth-order valence-electron chi connectivity index (χ4n) is 1.79. The summed E-state index contributed by atoms with van der Waals surface area (Å²) in [5.41, 5.74) is 8.59. The number of methoxy groups -OCH3 is 1. The summed E-state index contributed by atoms with van der Waals surface area (Å²) >= 11 is 0. The first-order valence-corrected chi connectivity index (χ1v) is 5.13. The molecule has 0 fully saturated rings. The predicted molar refractivity (Wildman–Crippen MR) is 63.5 cm³/mol. The molecule has 1 rings (SSSR count). The second-order valence-corrected chi connectivity index (χ2v) is 3.78. The molecule has 0 heterocycles. The monoisotopic (exact) mass is 222 g/mol. The number of rotatable bonds is 3. The first-order valence-electron chi connectivity index (χ1n) is 5.13. The van der Waals surface area contributed by atoms with E-state index in [9.17, 15) is 4.79 Å². The molecule has 1 unspecified atom stereocenters. The molecule has 0 saturated heterocycles. The van der Waals surface area contributed by atoms with Crippen molar-refractivity contribution in [2.75, 3.05) is 14.2 Å². The molecule has 0 aromatic heterocycles. The minimum Gasteiger partial charge on any atom is -0.496 e. The molecule has 16 heavy (non-hydrogen) atoms. The highest BCUT2D eigenvalue weighted by Crippen LogP contribution is 2.26. The second kappa shape index (κ2) is 4.99. The van der Waals surface area contributed by atoms with E-state index in [1.807, 2.05) is 26.0 Å². The number of benzene rings is 1. The highest BCUT2D eigenvalue weighted by Gasteiger charge is 2.16. The summed E-state index contributed by atoms with van der Waals surface area (Å²) in [5.74, 6) is 0.650. The Hall–Kier alpha value is -1.55. The topological polar surface area (TPSA) is 64.4 Å². The van der Waals surface area contributed by atoms with Gasteiger partial charge in [0.1, 0.15) is 11.8 Å². The number of likely N-dealkylation sites (N-methyl/N-ethyl adjacent to an activating group) is 1. The summed E-state index contributed by atoms with van der Waals surface area (Å²) < 4.78 is 5.26. The summed E-state index contributed by atoms with van der Waals surface area (Å²) in [6, 6.07) is 3.13. The van der Waals surface area contributed by atoms with Crippen LogP contribution in [0.5, 0.6) is 5.75 Å². The summed E-state index contributed by atoms with van der Waals surface area (Å²) in [5, 5.41) is 2.54. The van der Waals surface area contributed by atoms with E-state index >= 15 is 0 Å². The summed E-state index contributed by atoms with van der Waals surface area (Å²) in [6.07, 6.45) is 0. The number of amides is 1. The van der Waals surface area contributed by atoms with Crippen molar-refractivity contribution in [1.82, 2.24) is 5.32 Å². The van der Waals surface area contributed by atoms with Crippen LogP contribution in [0.25, 0.3) is 0 Å². The van der Waals surface area contributed by atoms with Gasteiger partial charge in [0, 0.05) is 7.05 Å². The van der Waals surface area contributed by atoms with Crippen LogP contribution in [-0.2, 0) is 4.79 Å². The number of nitrogens with two attached hydrogens (primary N) is 1. The molecule has 0 saturated carbocycles. The van der Waals surface area contributed by atoms with Crippen LogP contribution in [0.2, 0.25) is 0 Å². The van der Waals surface area contributed by atoms with Crippen LogP contribution in [-0.4, -0.2) is 20.1 Å². The van der Waals surface area contributed by atoms with Gasteiger partial charge < -0.3 is 15.8 Å². The summed E-state index contributed by atoms with van der Waals surface area (Å²) in [7, 11) is 3.21. The minimum absolute atomic E-state index is 0.191. The van der Waals surface area contributed by atoms with Crippen molar-refractivity contribution in [3.63, 3.8) is 0 Å². The Bertz CT molecular complexity index is 379. The first kappa shape index (κ1) is 12.5. The van der Waals surface area contributed by atoms with Gasteiger partial charge in [-0.1, -0.05) is 12.1 Å². The van der Waals surface area contributed by atoms with E-state index in [-0.39, 0.29) is 5.91 Å². The lowest BCUT2D eigenvalue weighted by molar-refractivity contribution is -0.121. The SMILES string of the molecule is CNC(=O)C(N)c1cc(C)c(OC)c(C)c1. The lowest BCUT2D eigenvalue weighted by atomic mass is 10.0. The van der Waals surface area contributed by atoms with Crippen LogP contribution in [0, 0.1) is 13.8 Å². The number of ether oxygens (including phenoxy) is 1. The molecular weight excluding hydrogens is 204 g/mol. The number of carbonyl (C=O) groups excluding carboxylic acids is 1. The van der Waals surface area contributed by atoms with Crippen molar-refractivity contribution < 1.29 is 9.53 Å². The van der Waals surface area contributed by atoms with E-state index in [1.165, 1.54) is 0 Å². The van der Waals surface area contributed by atoms with Crippen LogP contribution in [0.4, 0.5) is 0 Å². The third-order valence-electron chi connectivity index (χ3n) is 2.57. The largest absolute Gasteiger partial charge is 0.496 e. The number of hydrogen-bond acceptors (Lipinski definition) is 3. The van der Waals surface area contributed by atoms with Gasteiger partial charge in [-0.05, 0) is 30.5 Å². The van der Waals surface area contributed by atoms with Crippen molar-refractivity contribution in [2.45, 2.75) is 19.9 Å². The molecule has 1 aromatic carbocycles. The molecule has 0 spiro atoms. The number of nitrogens with one attached hydrogen (secondary N) is 1. The van der Waals surface area contributed by atoms with E-state index in [1.54, 1.807) is 14.2 Å². The highest BCUT2D eigenvalue weighted by atomic mass is 16.5. The zero-order valence-electron chi connectivity index (χ0n) is 10.1. The quantitative estimate of drug-likeness (QED) is 0.803. The molecule has 0 bridgehead atoms. The van der Waals surface area contributed by atoms with Crippen molar-refractivity contribution in [2.24, 2.45) is 5.73 Å². The molecule has 4 heteroatoms. The molecular formula is C12H18N2O2. The maximum atomic E-state index is 11.4. The van der Waals surface area contributed by atoms with Gasteiger partial charge in [-0.2, -0.15) is 0 Å². The number of hydrogen-bond donors (Lipinski definition) is 2. The molecule has 0 aliphatic rings. The van der Waals surface area contributed by atoms with Crippen molar-refractivity contribution in [1.29, 1.82) is 0 Å². The predicted octanol–water partition coefficient (Wildman–Crippen LogP) is 1.06. The maximum Gasteiger partial charge on any atom is 0.241 e. The van der Waals surface area contributed by atoms with Gasteiger partial charge in [0.25, 0.3) is 0 Å². The van der Waals surface area contributed by atoms with Gasteiger partial charge in [0.15, 0.2) is 0 Å². The Labute approximate surface area is 95.8 Å². The maximum absolute atomic E-state index is 11.4. The Morgan fingerprint density at radius 3 is 2.25 bits per heavy atom. The Kier molecular flexibility index (Phi) is 3.90. The van der Waals surface area contributed by atoms with Crippen LogP contribution >= 0.6 is 0 Å². The fraction of sp³-hybridized carbons (Fsp3) is 0.417. The molecule has 3 N–H and O–H groups in total. The average molecular weight is 222 g/mol. The summed E-state index contributed by atoms with van der Waals surface area (Å²) in [6.45, 7) is 3.87. The van der Waals surface area contributed by atoms with Crippen molar-refractivity contribution in [3.05, 3.63) is 28.8 Å². The van der Waals surface area contributed by atoms with Crippen molar-refractivity contribution >= 4 is 5.91 Å². The van der Waals surface area contributed by atoms with E-state index in [4.69, 9.17) is 10.5 Å². The summed E-state index contributed by atoms with van der Waals surface area (Å²) in [4.78, 5) is 11.4. The van der Waals surface area contributed by atoms with Gasteiger partial charge in [0.2, 0.25) is 5.91 Å². The Balaban J connectivity index is 3.13. The van der Waals surface area contributed by atoms with Gasteiger partial charge in [-0.25, -0.2) is 0 Å². The molecule has 0 radical (unpaired) electrons. The van der Waals surface area contributed by atoms with Gasteiger partial charge in [-0.15, -0.1) is 0 Å². The van der Waals surface area contributed by atoms with E-state index < -0.39 is 6.04 Å². The van der Waals surface area contributed by atoms with E-state index in [0.717, 1.165) is 22.4 Å². The zero-order valence-corrected chi connectivity index (χ0v) is 10.1. The Morgan fingerprint density at radius 2 is 1.88 bits per heavy atom.